The Labute approximate surface area is 135 Å². The molecule has 0 spiro atoms. The average Bonchev–Trinajstić information content (AvgIpc) is 3.09. The second kappa shape index (κ2) is 8.28. The van der Waals surface area contributed by atoms with Crippen molar-refractivity contribution in [3.8, 4) is 5.69 Å². The quantitative estimate of drug-likeness (QED) is 0.726. The van der Waals surface area contributed by atoms with Crippen LogP contribution >= 0.6 is 0 Å². The SMILES string of the molecule is CCC(CCO)NC(=O)NC(C)c1ccc(-n2ccnn2)cc1. The van der Waals surface area contributed by atoms with E-state index >= 15 is 0 Å². The Morgan fingerprint density at radius 1 is 1.30 bits per heavy atom. The molecule has 124 valence electrons. The molecule has 7 heteroatoms. The lowest BCUT2D eigenvalue weighted by Crippen LogP contribution is -2.43. The van der Waals surface area contributed by atoms with Gasteiger partial charge in [-0.25, -0.2) is 9.48 Å². The number of carbonyl (C=O) groups excluding carboxylic acids is 1. The first-order chi connectivity index (χ1) is 11.1. The van der Waals surface area contributed by atoms with Crippen molar-refractivity contribution in [1.29, 1.82) is 0 Å². The Kier molecular flexibility index (Phi) is 6.10. The molecule has 0 saturated heterocycles. The first-order valence-corrected chi connectivity index (χ1v) is 7.78. The number of aliphatic hydroxyl groups excluding tert-OH is 1. The number of rotatable bonds is 7. The molecule has 7 nitrogen and oxygen atoms in total. The highest BCUT2D eigenvalue weighted by Gasteiger charge is 2.13. The van der Waals surface area contributed by atoms with Crippen molar-refractivity contribution in [2.24, 2.45) is 0 Å². The van der Waals surface area contributed by atoms with Gasteiger partial charge in [0.25, 0.3) is 0 Å². The predicted molar refractivity (Wildman–Crippen MR) is 87.2 cm³/mol. The van der Waals surface area contributed by atoms with Gasteiger partial charge in [0.05, 0.1) is 24.1 Å². The van der Waals surface area contributed by atoms with Gasteiger partial charge in [-0.2, -0.15) is 0 Å². The van der Waals surface area contributed by atoms with E-state index in [1.54, 1.807) is 17.1 Å². The molecule has 23 heavy (non-hydrogen) atoms. The Morgan fingerprint density at radius 3 is 2.61 bits per heavy atom. The third kappa shape index (κ3) is 4.79. The second-order valence-corrected chi connectivity index (χ2v) is 5.40. The molecule has 2 amide bonds. The summed E-state index contributed by atoms with van der Waals surface area (Å²) in [5, 5.41) is 22.4. The zero-order chi connectivity index (χ0) is 16.7. The van der Waals surface area contributed by atoms with E-state index in [9.17, 15) is 4.79 Å². The van der Waals surface area contributed by atoms with Crippen molar-refractivity contribution in [3.63, 3.8) is 0 Å². The number of carbonyl (C=O) groups is 1. The molecule has 0 saturated carbocycles. The maximum atomic E-state index is 12.0. The molecular formula is C16H23N5O2. The first kappa shape index (κ1) is 17.0. The van der Waals surface area contributed by atoms with Crippen LogP contribution in [0, 0.1) is 0 Å². The lowest BCUT2D eigenvalue weighted by atomic mass is 10.1. The first-order valence-electron chi connectivity index (χ1n) is 7.78. The van der Waals surface area contributed by atoms with Gasteiger partial charge in [0, 0.05) is 12.6 Å². The number of amides is 2. The molecule has 2 unspecified atom stereocenters. The van der Waals surface area contributed by atoms with Gasteiger partial charge < -0.3 is 15.7 Å². The maximum absolute atomic E-state index is 12.0. The topological polar surface area (TPSA) is 92.1 Å². The van der Waals surface area contributed by atoms with Crippen LogP contribution in [0.3, 0.4) is 0 Å². The van der Waals surface area contributed by atoms with Crippen LogP contribution in [0.5, 0.6) is 0 Å². The predicted octanol–water partition coefficient (Wildman–Crippen LogP) is 1.79. The number of benzene rings is 1. The fourth-order valence-electron chi connectivity index (χ4n) is 2.30. The van der Waals surface area contributed by atoms with Gasteiger partial charge >= 0.3 is 6.03 Å². The van der Waals surface area contributed by atoms with Gasteiger partial charge in [-0.3, -0.25) is 0 Å². The number of nitrogens with zero attached hydrogens (tertiary/aromatic N) is 3. The van der Waals surface area contributed by atoms with Crippen LogP contribution in [0.2, 0.25) is 0 Å². The molecule has 0 aliphatic heterocycles. The summed E-state index contributed by atoms with van der Waals surface area (Å²) in [5.74, 6) is 0. The van der Waals surface area contributed by atoms with Gasteiger partial charge in [0.15, 0.2) is 0 Å². The highest BCUT2D eigenvalue weighted by Crippen LogP contribution is 2.15. The van der Waals surface area contributed by atoms with Crippen LogP contribution in [0.15, 0.2) is 36.7 Å². The van der Waals surface area contributed by atoms with E-state index in [1.807, 2.05) is 38.1 Å². The molecule has 0 aliphatic rings. The number of urea groups is 1. The second-order valence-electron chi connectivity index (χ2n) is 5.40. The summed E-state index contributed by atoms with van der Waals surface area (Å²) < 4.78 is 1.68. The lowest BCUT2D eigenvalue weighted by Gasteiger charge is -2.19. The van der Waals surface area contributed by atoms with Gasteiger partial charge in [-0.05, 0) is 37.5 Å². The monoisotopic (exact) mass is 317 g/mol. The van der Waals surface area contributed by atoms with E-state index in [2.05, 4.69) is 20.9 Å². The molecule has 0 aliphatic carbocycles. The smallest absolute Gasteiger partial charge is 0.315 e. The highest BCUT2D eigenvalue weighted by molar-refractivity contribution is 5.74. The van der Waals surface area contributed by atoms with Crippen LogP contribution in [0.1, 0.15) is 38.3 Å². The minimum Gasteiger partial charge on any atom is -0.396 e. The Hall–Kier alpha value is -2.41. The standard InChI is InChI=1S/C16H23N5O2/c1-3-14(8-11-22)19-16(23)18-12(2)13-4-6-15(7-5-13)21-10-9-17-20-21/h4-7,9-10,12,14,22H,3,8,11H2,1-2H3,(H2,18,19,23). The number of nitrogens with one attached hydrogen (secondary N) is 2. The highest BCUT2D eigenvalue weighted by atomic mass is 16.3. The normalized spacial score (nSPS) is 13.3. The summed E-state index contributed by atoms with van der Waals surface area (Å²) in [6.07, 6.45) is 4.75. The molecule has 2 atom stereocenters. The number of hydrogen-bond donors (Lipinski definition) is 3. The summed E-state index contributed by atoms with van der Waals surface area (Å²) in [6.45, 7) is 3.97. The number of aromatic nitrogens is 3. The van der Waals surface area contributed by atoms with Gasteiger partial charge in [-0.1, -0.05) is 24.3 Å². The summed E-state index contributed by atoms with van der Waals surface area (Å²) in [4.78, 5) is 12.0. The third-order valence-electron chi connectivity index (χ3n) is 3.73. The van der Waals surface area contributed by atoms with E-state index in [0.29, 0.717) is 6.42 Å². The molecule has 1 aromatic heterocycles. The Morgan fingerprint density at radius 2 is 2.04 bits per heavy atom. The van der Waals surface area contributed by atoms with E-state index in [1.165, 1.54) is 0 Å². The van der Waals surface area contributed by atoms with Crippen molar-refractivity contribution in [1.82, 2.24) is 25.6 Å². The lowest BCUT2D eigenvalue weighted by molar-refractivity contribution is 0.225. The van der Waals surface area contributed by atoms with Crippen molar-refractivity contribution in [2.75, 3.05) is 6.61 Å². The van der Waals surface area contributed by atoms with Crippen LogP contribution in [0.4, 0.5) is 4.79 Å². The van der Waals surface area contributed by atoms with Gasteiger partial charge in [0.2, 0.25) is 0 Å². The molecule has 2 aromatic rings. The van der Waals surface area contributed by atoms with E-state index in [4.69, 9.17) is 5.11 Å². The van der Waals surface area contributed by atoms with Crippen molar-refractivity contribution >= 4 is 6.03 Å². The average molecular weight is 317 g/mol. The van der Waals surface area contributed by atoms with Crippen LogP contribution in [0.25, 0.3) is 5.69 Å². The molecule has 1 heterocycles. The Balaban J connectivity index is 1.92. The van der Waals surface area contributed by atoms with Gasteiger partial charge in [-0.15, -0.1) is 5.10 Å². The maximum Gasteiger partial charge on any atom is 0.315 e. The summed E-state index contributed by atoms with van der Waals surface area (Å²) >= 11 is 0. The molecule has 0 fully saturated rings. The zero-order valence-corrected chi connectivity index (χ0v) is 13.4. The summed E-state index contributed by atoms with van der Waals surface area (Å²) in [7, 11) is 0. The number of hydrogen-bond acceptors (Lipinski definition) is 4. The minimum atomic E-state index is -0.224. The Bertz CT molecular complexity index is 597. The zero-order valence-electron chi connectivity index (χ0n) is 13.4. The molecule has 3 N–H and O–H groups in total. The summed E-state index contributed by atoms with van der Waals surface area (Å²) in [6, 6.07) is 7.41. The molecule has 0 bridgehead atoms. The summed E-state index contributed by atoms with van der Waals surface area (Å²) in [5.41, 5.74) is 1.91. The van der Waals surface area contributed by atoms with Crippen LogP contribution in [-0.4, -0.2) is 38.8 Å². The fraction of sp³-hybridized carbons (Fsp3) is 0.438. The largest absolute Gasteiger partial charge is 0.396 e. The van der Waals surface area contributed by atoms with Crippen molar-refractivity contribution in [3.05, 3.63) is 42.2 Å². The molecule has 0 radical (unpaired) electrons. The van der Waals surface area contributed by atoms with E-state index in [-0.39, 0.29) is 24.7 Å². The van der Waals surface area contributed by atoms with Crippen molar-refractivity contribution < 1.29 is 9.90 Å². The van der Waals surface area contributed by atoms with E-state index in [0.717, 1.165) is 17.7 Å². The molecular weight excluding hydrogens is 294 g/mol. The minimum absolute atomic E-state index is 0.0121. The molecule has 2 rings (SSSR count). The van der Waals surface area contributed by atoms with Gasteiger partial charge in [0.1, 0.15) is 0 Å². The van der Waals surface area contributed by atoms with E-state index < -0.39 is 0 Å². The number of aliphatic hydroxyl groups is 1. The van der Waals surface area contributed by atoms with Crippen LogP contribution < -0.4 is 10.6 Å². The van der Waals surface area contributed by atoms with Crippen molar-refractivity contribution in [2.45, 2.75) is 38.8 Å². The third-order valence-corrected chi connectivity index (χ3v) is 3.73. The van der Waals surface area contributed by atoms with Crippen LogP contribution in [-0.2, 0) is 0 Å². The fourth-order valence-corrected chi connectivity index (χ4v) is 2.30. The molecule has 1 aromatic carbocycles.